The SMILES string of the molecule is Cn1cc([C@@H]2CCCN2CCCCC#N)cn1. The predicted molar refractivity (Wildman–Crippen MR) is 66.2 cm³/mol. The smallest absolute Gasteiger partial charge is 0.0621 e. The van der Waals surface area contributed by atoms with Crippen LogP contribution >= 0.6 is 0 Å². The number of nitriles is 1. The van der Waals surface area contributed by atoms with Crippen molar-refractivity contribution in [2.24, 2.45) is 7.05 Å². The summed E-state index contributed by atoms with van der Waals surface area (Å²) in [5, 5.41) is 12.8. The second-order valence-electron chi connectivity index (χ2n) is 4.76. The summed E-state index contributed by atoms with van der Waals surface area (Å²) in [6.07, 6.45) is 9.46. The molecule has 0 bridgehead atoms. The Balaban J connectivity index is 1.87. The first-order chi connectivity index (χ1) is 8.31. The van der Waals surface area contributed by atoms with Gasteiger partial charge in [-0.05, 0) is 38.8 Å². The minimum Gasteiger partial charge on any atom is -0.296 e. The van der Waals surface area contributed by atoms with Crippen molar-refractivity contribution in [3.8, 4) is 6.07 Å². The quantitative estimate of drug-likeness (QED) is 0.731. The monoisotopic (exact) mass is 232 g/mol. The summed E-state index contributed by atoms with van der Waals surface area (Å²) in [5.41, 5.74) is 1.34. The van der Waals surface area contributed by atoms with Gasteiger partial charge in [0.25, 0.3) is 0 Å². The Morgan fingerprint density at radius 1 is 1.53 bits per heavy atom. The van der Waals surface area contributed by atoms with Crippen molar-refractivity contribution in [1.29, 1.82) is 5.26 Å². The molecule has 17 heavy (non-hydrogen) atoms. The summed E-state index contributed by atoms with van der Waals surface area (Å²) in [5.74, 6) is 0. The van der Waals surface area contributed by atoms with Crippen LogP contribution in [0.15, 0.2) is 12.4 Å². The van der Waals surface area contributed by atoms with E-state index in [1.54, 1.807) is 0 Å². The molecule has 1 fully saturated rings. The lowest BCUT2D eigenvalue weighted by molar-refractivity contribution is 0.252. The summed E-state index contributed by atoms with van der Waals surface area (Å²) in [4.78, 5) is 2.54. The van der Waals surface area contributed by atoms with Crippen LogP contribution < -0.4 is 0 Å². The number of unbranched alkanes of at least 4 members (excludes halogenated alkanes) is 2. The van der Waals surface area contributed by atoms with Gasteiger partial charge in [0, 0.05) is 31.3 Å². The fourth-order valence-electron chi connectivity index (χ4n) is 2.60. The maximum absolute atomic E-state index is 8.52. The van der Waals surface area contributed by atoms with E-state index < -0.39 is 0 Å². The highest BCUT2D eigenvalue weighted by molar-refractivity contribution is 5.12. The van der Waals surface area contributed by atoms with E-state index in [2.05, 4.69) is 22.3 Å². The maximum atomic E-state index is 8.52. The zero-order valence-electron chi connectivity index (χ0n) is 10.5. The largest absolute Gasteiger partial charge is 0.296 e. The lowest BCUT2D eigenvalue weighted by Crippen LogP contribution is -2.24. The second-order valence-corrected chi connectivity index (χ2v) is 4.76. The van der Waals surface area contributed by atoms with Gasteiger partial charge in [0.05, 0.1) is 12.3 Å². The molecule has 0 aliphatic carbocycles. The minimum absolute atomic E-state index is 0.547. The summed E-state index contributed by atoms with van der Waals surface area (Å²) < 4.78 is 1.88. The van der Waals surface area contributed by atoms with Gasteiger partial charge >= 0.3 is 0 Å². The van der Waals surface area contributed by atoms with Crippen molar-refractivity contribution in [2.45, 2.75) is 38.1 Å². The van der Waals surface area contributed by atoms with Gasteiger partial charge in [-0.2, -0.15) is 10.4 Å². The molecule has 2 rings (SSSR count). The summed E-state index contributed by atoms with van der Waals surface area (Å²) in [6.45, 7) is 2.30. The molecular formula is C13H20N4. The van der Waals surface area contributed by atoms with Crippen LogP contribution in [0.4, 0.5) is 0 Å². The molecule has 1 atom stereocenters. The molecule has 0 amide bonds. The Morgan fingerprint density at radius 2 is 2.41 bits per heavy atom. The van der Waals surface area contributed by atoms with E-state index in [1.165, 1.54) is 24.9 Å². The van der Waals surface area contributed by atoms with Crippen LogP contribution in [0, 0.1) is 11.3 Å². The average molecular weight is 232 g/mol. The van der Waals surface area contributed by atoms with E-state index >= 15 is 0 Å². The Morgan fingerprint density at radius 3 is 3.12 bits per heavy atom. The van der Waals surface area contributed by atoms with Crippen molar-refractivity contribution in [3.63, 3.8) is 0 Å². The number of rotatable bonds is 5. The Labute approximate surface area is 103 Å². The van der Waals surface area contributed by atoms with Crippen molar-refractivity contribution >= 4 is 0 Å². The van der Waals surface area contributed by atoms with Gasteiger partial charge in [0.15, 0.2) is 0 Å². The minimum atomic E-state index is 0.547. The highest BCUT2D eigenvalue weighted by atomic mass is 15.3. The van der Waals surface area contributed by atoms with E-state index in [0.717, 1.165) is 19.4 Å². The standard InChI is InChI=1S/C13H20N4/c1-16-11-12(10-15-16)13-6-5-9-17(13)8-4-2-3-7-14/h10-11,13H,2-6,8-9H2,1H3/t13-/m0/s1. The number of hydrogen-bond donors (Lipinski definition) is 0. The zero-order chi connectivity index (χ0) is 12.1. The van der Waals surface area contributed by atoms with Gasteiger partial charge < -0.3 is 0 Å². The molecule has 1 aliphatic heterocycles. The topological polar surface area (TPSA) is 44.9 Å². The summed E-state index contributed by atoms with van der Waals surface area (Å²) in [7, 11) is 1.97. The summed E-state index contributed by atoms with van der Waals surface area (Å²) >= 11 is 0. The van der Waals surface area contributed by atoms with E-state index in [0.29, 0.717) is 12.5 Å². The van der Waals surface area contributed by atoms with Crippen molar-refractivity contribution in [2.75, 3.05) is 13.1 Å². The third-order valence-electron chi connectivity index (χ3n) is 3.46. The molecular weight excluding hydrogens is 212 g/mol. The lowest BCUT2D eigenvalue weighted by Gasteiger charge is -2.23. The fourth-order valence-corrected chi connectivity index (χ4v) is 2.60. The maximum Gasteiger partial charge on any atom is 0.0621 e. The molecule has 0 radical (unpaired) electrons. The molecule has 92 valence electrons. The predicted octanol–water partition coefficient (Wildman–Crippen LogP) is 2.25. The van der Waals surface area contributed by atoms with Crippen LogP contribution in [-0.4, -0.2) is 27.8 Å². The Kier molecular flexibility index (Phi) is 4.16. The molecule has 0 saturated carbocycles. The van der Waals surface area contributed by atoms with Crippen LogP contribution in [0.25, 0.3) is 0 Å². The van der Waals surface area contributed by atoms with Crippen molar-refractivity contribution < 1.29 is 0 Å². The van der Waals surface area contributed by atoms with E-state index in [4.69, 9.17) is 5.26 Å². The van der Waals surface area contributed by atoms with Gasteiger partial charge in [0.1, 0.15) is 0 Å². The molecule has 0 unspecified atom stereocenters. The molecule has 0 spiro atoms. The average Bonchev–Trinajstić information content (AvgIpc) is 2.93. The highest BCUT2D eigenvalue weighted by Crippen LogP contribution is 2.31. The fraction of sp³-hybridized carbons (Fsp3) is 0.692. The number of hydrogen-bond acceptors (Lipinski definition) is 3. The van der Waals surface area contributed by atoms with Crippen LogP contribution in [0.5, 0.6) is 0 Å². The number of aromatic nitrogens is 2. The van der Waals surface area contributed by atoms with Gasteiger partial charge in [0.2, 0.25) is 0 Å². The lowest BCUT2D eigenvalue weighted by atomic mass is 10.1. The zero-order valence-corrected chi connectivity index (χ0v) is 10.5. The molecule has 1 aromatic heterocycles. The van der Waals surface area contributed by atoms with Gasteiger partial charge in [-0.15, -0.1) is 0 Å². The number of nitrogens with zero attached hydrogens (tertiary/aromatic N) is 4. The molecule has 4 nitrogen and oxygen atoms in total. The first kappa shape index (κ1) is 12.1. The van der Waals surface area contributed by atoms with E-state index in [1.807, 2.05) is 17.9 Å². The van der Waals surface area contributed by atoms with Crippen LogP contribution in [0.1, 0.15) is 43.7 Å². The van der Waals surface area contributed by atoms with Gasteiger partial charge in [-0.1, -0.05) is 0 Å². The third kappa shape index (κ3) is 3.07. The van der Waals surface area contributed by atoms with E-state index in [-0.39, 0.29) is 0 Å². The summed E-state index contributed by atoms with van der Waals surface area (Å²) in [6, 6.07) is 2.75. The first-order valence-corrected chi connectivity index (χ1v) is 6.41. The Hall–Kier alpha value is -1.34. The highest BCUT2D eigenvalue weighted by Gasteiger charge is 2.26. The van der Waals surface area contributed by atoms with Crippen LogP contribution in [0.3, 0.4) is 0 Å². The number of likely N-dealkylation sites (tertiary alicyclic amines) is 1. The molecule has 1 aliphatic rings. The Bertz CT molecular complexity index is 390. The van der Waals surface area contributed by atoms with Crippen LogP contribution in [-0.2, 0) is 7.05 Å². The molecule has 2 heterocycles. The third-order valence-corrected chi connectivity index (χ3v) is 3.46. The van der Waals surface area contributed by atoms with E-state index in [9.17, 15) is 0 Å². The molecule has 4 heteroatoms. The van der Waals surface area contributed by atoms with Crippen LogP contribution in [0.2, 0.25) is 0 Å². The second kappa shape index (κ2) is 5.83. The normalized spacial score (nSPS) is 20.6. The molecule has 0 N–H and O–H groups in total. The van der Waals surface area contributed by atoms with Crippen molar-refractivity contribution in [3.05, 3.63) is 18.0 Å². The number of aryl methyl sites for hydroxylation is 1. The molecule has 0 aromatic carbocycles. The van der Waals surface area contributed by atoms with Crippen molar-refractivity contribution in [1.82, 2.24) is 14.7 Å². The molecule has 1 saturated heterocycles. The first-order valence-electron chi connectivity index (χ1n) is 6.41. The van der Waals surface area contributed by atoms with Gasteiger partial charge in [-0.25, -0.2) is 0 Å². The molecule has 1 aromatic rings. The van der Waals surface area contributed by atoms with Gasteiger partial charge in [-0.3, -0.25) is 9.58 Å².